The third kappa shape index (κ3) is 1.90. The van der Waals surface area contributed by atoms with Crippen molar-refractivity contribution in [2.24, 2.45) is 0 Å². The molecule has 2 heterocycles. The molecule has 0 aromatic carbocycles. The van der Waals surface area contributed by atoms with Crippen LogP contribution in [0.2, 0.25) is 0 Å². The van der Waals surface area contributed by atoms with Crippen LogP contribution in [0.3, 0.4) is 0 Å². The first-order valence-electron chi connectivity index (χ1n) is 4.08. The van der Waals surface area contributed by atoms with Gasteiger partial charge in [-0.25, -0.2) is 15.0 Å². The molecule has 13 heavy (non-hydrogen) atoms. The van der Waals surface area contributed by atoms with Gasteiger partial charge in [0.1, 0.15) is 6.33 Å². The Balaban J connectivity index is 2.19. The number of aryl methyl sites for hydroxylation is 1. The molecule has 0 radical (unpaired) electrons. The summed E-state index contributed by atoms with van der Waals surface area (Å²) >= 11 is 0. The van der Waals surface area contributed by atoms with E-state index in [4.69, 9.17) is 0 Å². The zero-order chi connectivity index (χ0) is 9.10. The van der Waals surface area contributed by atoms with Crippen LogP contribution >= 0.6 is 0 Å². The minimum Gasteiger partial charge on any atom is -0.331 e. The van der Waals surface area contributed by atoms with Gasteiger partial charge in [-0.1, -0.05) is 0 Å². The number of hydrogen-bond acceptors (Lipinski definition) is 3. The highest BCUT2D eigenvalue weighted by Gasteiger charge is 1.95. The average molecular weight is 174 g/mol. The van der Waals surface area contributed by atoms with Gasteiger partial charge in [0.2, 0.25) is 0 Å². The van der Waals surface area contributed by atoms with Gasteiger partial charge in [0, 0.05) is 18.1 Å². The third-order valence-electron chi connectivity index (χ3n) is 1.76. The Morgan fingerprint density at radius 1 is 1.38 bits per heavy atom. The summed E-state index contributed by atoms with van der Waals surface area (Å²) in [5.41, 5.74) is 2.00. The molecule has 66 valence electrons. The maximum atomic E-state index is 4.15. The minimum absolute atomic E-state index is 0.753. The van der Waals surface area contributed by atoms with E-state index < -0.39 is 0 Å². The first-order valence-corrected chi connectivity index (χ1v) is 4.08. The topological polar surface area (TPSA) is 43.6 Å². The summed E-state index contributed by atoms with van der Waals surface area (Å²) in [5.74, 6) is 0. The second-order valence-electron chi connectivity index (χ2n) is 2.89. The molecule has 0 amide bonds. The molecule has 0 aliphatic rings. The smallest absolute Gasteiger partial charge is 0.115 e. The Morgan fingerprint density at radius 3 is 3.00 bits per heavy atom. The molecule has 0 aliphatic carbocycles. The third-order valence-corrected chi connectivity index (χ3v) is 1.76. The Labute approximate surface area is 76.3 Å². The summed E-state index contributed by atoms with van der Waals surface area (Å²) in [7, 11) is 0. The predicted octanol–water partition coefficient (Wildman–Crippen LogP) is 1.03. The molecule has 4 nitrogen and oxygen atoms in total. The van der Waals surface area contributed by atoms with Gasteiger partial charge in [-0.05, 0) is 13.0 Å². The second-order valence-corrected chi connectivity index (χ2v) is 2.89. The summed E-state index contributed by atoms with van der Waals surface area (Å²) in [4.78, 5) is 12.1. The Hall–Kier alpha value is -1.71. The van der Waals surface area contributed by atoms with Gasteiger partial charge < -0.3 is 4.57 Å². The number of aromatic nitrogens is 4. The molecular formula is C9H10N4. The zero-order valence-electron chi connectivity index (χ0n) is 7.38. The van der Waals surface area contributed by atoms with E-state index in [2.05, 4.69) is 15.0 Å². The Kier molecular flexibility index (Phi) is 2.04. The first-order chi connectivity index (χ1) is 6.34. The monoisotopic (exact) mass is 174 g/mol. The van der Waals surface area contributed by atoms with E-state index in [0.29, 0.717) is 0 Å². The lowest BCUT2D eigenvalue weighted by atomic mass is 10.3. The van der Waals surface area contributed by atoms with Crippen molar-refractivity contribution in [3.63, 3.8) is 0 Å². The lowest BCUT2D eigenvalue weighted by Crippen LogP contribution is -2.00. The largest absolute Gasteiger partial charge is 0.331 e. The van der Waals surface area contributed by atoms with Crippen molar-refractivity contribution < 1.29 is 0 Å². The molecule has 2 rings (SSSR count). The van der Waals surface area contributed by atoms with Crippen LogP contribution in [0.1, 0.15) is 11.4 Å². The molecule has 0 saturated heterocycles. The number of hydrogen-bond donors (Lipinski definition) is 0. The van der Waals surface area contributed by atoms with Gasteiger partial charge in [0.25, 0.3) is 0 Å². The molecule has 0 bridgehead atoms. The van der Waals surface area contributed by atoms with Crippen LogP contribution in [0.15, 0.2) is 31.1 Å². The number of imidazole rings is 1. The summed E-state index contributed by atoms with van der Waals surface area (Å²) in [6, 6.07) is 1.97. The van der Waals surface area contributed by atoms with Gasteiger partial charge >= 0.3 is 0 Å². The molecule has 0 aliphatic heterocycles. The summed E-state index contributed by atoms with van der Waals surface area (Å²) in [6.07, 6.45) is 7.03. The van der Waals surface area contributed by atoms with Gasteiger partial charge in [0.05, 0.1) is 18.6 Å². The molecule has 2 aromatic heterocycles. The second kappa shape index (κ2) is 3.35. The van der Waals surface area contributed by atoms with E-state index in [1.54, 1.807) is 18.9 Å². The standard InChI is InChI=1S/C9H10N4/c1-8-4-9(12-6-11-8)5-13-3-2-10-7-13/h2-4,6-7H,5H2,1H3. The zero-order valence-corrected chi connectivity index (χ0v) is 7.38. The average Bonchev–Trinajstić information content (AvgIpc) is 2.57. The van der Waals surface area contributed by atoms with Crippen molar-refractivity contribution in [3.8, 4) is 0 Å². The van der Waals surface area contributed by atoms with Crippen molar-refractivity contribution >= 4 is 0 Å². The molecule has 0 atom stereocenters. The van der Waals surface area contributed by atoms with Crippen LogP contribution in [0, 0.1) is 6.92 Å². The van der Waals surface area contributed by atoms with Crippen molar-refractivity contribution in [1.29, 1.82) is 0 Å². The molecular weight excluding hydrogens is 164 g/mol. The molecule has 4 heteroatoms. The van der Waals surface area contributed by atoms with Crippen LogP contribution in [0.25, 0.3) is 0 Å². The molecule has 0 spiro atoms. The highest BCUT2D eigenvalue weighted by molar-refractivity contribution is 5.06. The van der Waals surface area contributed by atoms with Crippen LogP contribution in [0.4, 0.5) is 0 Å². The van der Waals surface area contributed by atoms with E-state index in [1.807, 2.05) is 23.8 Å². The van der Waals surface area contributed by atoms with Crippen LogP contribution in [0.5, 0.6) is 0 Å². The quantitative estimate of drug-likeness (QED) is 0.683. The van der Waals surface area contributed by atoms with E-state index in [1.165, 1.54) is 0 Å². The predicted molar refractivity (Wildman–Crippen MR) is 48.1 cm³/mol. The highest BCUT2D eigenvalue weighted by Crippen LogP contribution is 1.99. The van der Waals surface area contributed by atoms with Gasteiger partial charge in [-0.2, -0.15) is 0 Å². The molecule has 0 saturated carbocycles. The fourth-order valence-corrected chi connectivity index (χ4v) is 1.16. The fraction of sp³-hybridized carbons (Fsp3) is 0.222. The van der Waals surface area contributed by atoms with Gasteiger partial charge in [-0.15, -0.1) is 0 Å². The Morgan fingerprint density at radius 2 is 2.31 bits per heavy atom. The van der Waals surface area contributed by atoms with Crippen LogP contribution in [-0.2, 0) is 6.54 Å². The lowest BCUT2D eigenvalue weighted by molar-refractivity contribution is 0.766. The van der Waals surface area contributed by atoms with E-state index >= 15 is 0 Å². The number of rotatable bonds is 2. The fourth-order valence-electron chi connectivity index (χ4n) is 1.16. The lowest BCUT2D eigenvalue weighted by Gasteiger charge is -2.01. The van der Waals surface area contributed by atoms with Crippen molar-refractivity contribution in [2.45, 2.75) is 13.5 Å². The van der Waals surface area contributed by atoms with Gasteiger partial charge in [0.15, 0.2) is 0 Å². The Bertz CT molecular complexity index is 380. The van der Waals surface area contributed by atoms with Gasteiger partial charge in [-0.3, -0.25) is 0 Å². The van der Waals surface area contributed by atoms with E-state index in [9.17, 15) is 0 Å². The molecule has 0 unspecified atom stereocenters. The summed E-state index contributed by atoms with van der Waals surface area (Å²) in [6.45, 7) is 2.71. The molecule has 0 N–H and O–H groups in total. The normalized spacial score (nSPS) is 10.2. The highest BCUT2D eigenvalue weighted by atomic mass is 15.0. The number of nitrogens with zero attached hydrogens (tertiary/aromatic N) is 4. The summed E-state index contributed by atoms with van der Waals surface area (Å²) in [5, 5.41) is 0. The maximum Gasteiger partial charge on any atom is 0.115 e. The van der Waals surface area contributed by atoms with E-state index in [-0.39, 0.29) is 0 Å². The molecule has 0 fully saturated rings. The maximum absolute atomic E-state index is 4.15. The van der Waals surface area contributed by atoms with Crippen molar-refractivity contribution in [2.75, 3.05) is 0 Å². The minimum atomic E-state index is 0.753. The van der Waals surface area contributed by atoms with Crippen LogP contribution in [-0.4, -0.2) is 19.5 Å². The van der Waals surface area contributed by atoms with Crippen molar-refractivity contribution in [1.82, 2.24) is 19.5 Å². The molecule has 2 aromatic rings. The first kappa shape index (κ1) is 7.91. The van der Waals surface area contributed by atoms with Crippen molar-refractivity contribution in [3.05, 3.63) is 42.5 Å². The SMILES string of the molecule is Cc1cc(Cn2ccnc2)ncn1. The van der Waals surface area contributed by atoms with Crippen LogP contribution < -0.4 is 0 Å². The summed E-state index contributed by atoms with van der Waals surface area (Å²) < 4.78 is 1.97. The van der Waals surface area contributed by atoms with E-state index in [0.717, 1.165) is 17.9 Å².